The first-order chi connectivity index (χ1) is 16.1. The topological polar surface area (TPSA) is 82.4 Å². The molecule has 6 nitrogen and oxygen atoms in total. The molecule has 1 heterocycles. The molecule has 1 aliphatic carbocycles. The number of Topliss-reactive ketones (excluding diaryl/α,β-unsaturated/α-hetero) is 1. The number of hydrogen-bond donors (Lipinski definition) is 1. The van der Waals surface area contributed by atoms with E-state index in [0.29, 0.717) is 18.7 Å². The maximum atomic E-state index is 12.4. The number of benzene rings is 2. The second kappa shape index (κ2) is 14.8. The van der Waals surface area contributed by atoms with Crippen LogP contribution in [0.2, 0.25) is 0 Å². The molecule has 0 atom stereocenters. The van der Waals surface area contributed by atoms with E-state index >= 15 is 0 Å². The van der Waals surface area contributed by atoms with Crippen LogP contribution in [0.15, 0.2) is 41.9 Å². The van der Waals surface area contributed by atoms with Gasteiger partial charge in [-0.2, -0.15) is 0 Å². The number of ketones is 1. The van der Waals surface area contributed by atoms with Crippen molar-refractivity contribution in [3.63, 3.8) is 0 Å². The zero-order valence-electron chi connectivity index (χ0n) is 20.4. The third-order valence-corrected chi connectivity index (χ3v) is 6.34. The molecule has 1 amide bonds. The quantitative estimate of drug-likeness (QED) is 0.341. The average Bonchev–Trinajstić information content (AvgIpc) is 3.50. The summed E-state index contributed by atoms with van der Waals surface area (Å²) in [6.07, 6.45) is 4.05. The number of amides is 1. The summed E-state index contributed by atoms with van der Waals surface area (Å²) in [7, 11) is 0. The van der Waals surface area contributed by atoms with Gasteiger partial charge in [-0.15, -0.1) is 17.0 Å². The van der Waals surface area contributed by atoms with Crippen molar-refractivity contribution >= 4 is 29.2 Å². The molecular weight excluding hydrogens is 473 g/mol. The predicted octanol–water partition coefficient (Wildman–Crippen LogP) is 2.54. The van der Waals surface area contributed by atoms with Crippen molar-refractivity contribution in [2.75, 3.05) is 13.2 Å². The molecule has 8 heteroatoms. The van der Waals surface area contributed by atoms with Gasteiger partial charge in [-0.3, -0.25) is 9.59 Å². The van der Waals surface area contributed by atoms with E-state index in [0.717, 1.165) is 40.2 Å². The van der Waals surface area contributed by atoms with E-state index in [1.165, 1.54) is 17.5 Å². The second-order valence-corrected chi connectivity index (χ2v) is 8.39. The Morgan fingerprint density at radius 1 is 1.18 bits per heavy atom. The van der Waals surface area contributed by atoms with Crippen LogP contribution in [0, 0.1) is 6.92 Å². The van der Waals surface area contributed by atoms with E-state index in [-0.39, 0.29) is 70.3 Å². The van der Waals surface area contributed by atoms with E-state index < -0.39 is 0 Å². The molecule has 1 aliphatic rings. The van der Waals surface area contributed by atoms with Crippen LogP contribution in [-0.4, -0.2) is 30.3 Å². The molecule has 1 aromatic heterocycles. The number of fused-ring (bicyclic) bond motifs is 1. The van der Waals surface area contributed by atoms with Crippen LogP contribution < -0.4 is 61.4 Å². The molecular formula is C26H30KN3O3S. The standard InChI is InChI=1S/C24H24N3O3S.C2H6.K/c1-16-24(31-15-27-16)19-5-6-20(11-25-14-28)23(10-19)30-13-22(29)12-26-21-8-7-17-3-2-4-18(17)9-21;1-2;/h5-10,14-15H,2-4,11-13H2,1H3,(H,25,28);1-2H3;/q-1;;+1. The Balaban J connectivity index is 0.00000133. The minimum Gasteiger partial charge on any atom is -0.678 e. The first-order valence-electron chi connectivity index (χ1n) is 11.3. The monoisotopic (exact) mass is 503 g/mol. The van der Waals surface area contributed by atoms with Gasteiger partial charge in [-0.25, -0.2) is 4.98 Å². The van der Waals surface area contributed by atoms with Gasteiger partial charge in [-0.05, 0) is 48.9 Å². The molecule has 34 heavy (non-hydrogen) atoms. The zero-order valence-corrected chi connectivity index (χ0v) is 24.3. The summed E-state index contributed by atoms with van der Waals surface area (Å²) in [5.41, 5.74) is 8.10. The molecule has 0 fully saturated rings. The summed E-state index contributed by atoms with van der Waals surface area (Å²) in [6, 6.07) is 11.9. The molecule has 3 aromatic rings. The SMILES string of the molecule is CC.Cc1ncsc1-c1ccc(CNC=O)c(OCC(=O)C[N-]c2ccc3c(c2)CCC3)c1.[K+]. The Hall–Kier alpha value is -1.55. The number of hydrogen-bond acceptors (Lipinski definition) is 5. The average molecular weight is 504 g/mol. The summed E-state index contributed by atoms with van der Waals surface area (Å²) >= 11 is 1.55. The maximum absolute atomic E-state index is 12.4. The van der Waals surface area contributed by atoms with Gasteiger partial charge < -0.3 is 15.4 Å². The number of nitrogens with zero attached hydrogens (tertiary/aromatic N) is 2. The Labute approximate surface area is 248 Å². The molecule has 2 aromatic carbocycles. The number of thiazole rings is 1. The Morgan fingerprint density at radius 3 is 2.71 bits per heavy atom. The van der Waals surface area contributed by atoms with Crippen molar-refractivity contribution in [2.45, 2.75) is 46.6 Å². The minimum atomic E-state index is -0.103. The van der Waals surface area contributed by atoms with E-state index in [1.54, 1.807) is 16.8 Å². The summed E-state index contributed by atoms with van der Waals surface area (Å²) < 4.78 is 5.86. The van der Waals surface area contributed by atoms with Crippen LogP contribution in [0.25, 0.3) is 15.8 Å². The van der Waals surface area contributed by atoms with Crippen molar-refractivity contribution in [1.82, 2.24) is 10.3 Å². The van der Waals surface area contributed by atoms with Crippen LogP contribution in [0.5, 0.6) is 5.75 Å². The first-order valence-corrected chi connectivity index (χ1v) is 12.2. The summed E-state index contributed by atoms with van der Waals surface area (Å²) in [5, 5.41) is 7.09. The van der Waals surface area contributed by atoms with E-state index in [9.17, 15) is 9.59 Å². The van der Waals surface area contributed by atoms with Gasteiger partial charge >= 0.3 is 51.4 Å². The fourth-order valence-corrected chi connectivity index (χ4v) is 4.55. The van der Waals surface area contributed by atoms with Crippen molar-refractivity contribution in [1.29, 1.82) is 0 Å². The molecule has 0 spiro atoms. The Kier molecular flexibility index (Phi) is 12.4. The number of carbonyl (C=O) groups excluding carboxylic acids is 2. The minimum absolute atomic E-state index is 0. The van der Waals surface area contributed by atoms with Gasteiger partial charge in [0.2, 0.25) is 6.41 Å². The zero-order chi connectivity index (χ0) is 23.6. The van der Waals surface area contributed by atoms with Crippen molar-refractivity contribution in [3.05, 3.63) is 69.6 Å². The van der Waals surface area contributed by atoms with Gasteiger partial charge in [0, 0.05) is 12.1 Å². The number of rotatable bonds is 10. The predicted molar refractivity (Wildman–Crippen MR) is 133 cm³/mol. The second-order valence-electron chi connectivity index (χ2n) is 7.54. The maximum Gasteiger partial charge on any atom is 1.00 e. The number of ether oxygens (including phenoxy) is 1. The molecule has 0 bridgehead atoms. The van der Waals surface area contributed by atoms with E-state index in [2.05, 4.69) is 27.8 Å². The largest absolute Gasteiger partial charge is 1.00 e. The van der Waals surface area contributed by atoms with Crippen LogP contribution in [0.4, 0.5) is 5.69 Å². The van der Waals surface area contributed by atoms with Crippen LogP contribution in [0.3, 0.4) is 0 Å². The third-order valence-electron chi connectivity index (χ3n) is 5.36. The van der Waals surface area contributed by atoms with Crippen molar-refractivity contribution in [3.8, 4) is 16.2 Å². The smallest absolute Gasteiger partial charge is 0.678 e. The van der Waals surface area contributed by atoms with Gasteiger partial charge in [0.15, 0.2) is 5.78 Å². The molecule has 4 rings (SSSR count). The van der Waals surface area contributed by atoms with E-state index in [4.69, 9.17) is 4.74 Å². The number of aromatic nitrogens is 1. The molecule has 174 valence electrons. The fraction of sp³-hybridized carbons (Fsp3) is 0.346. The summed E-state index contributed by atoms with van der Waals surface area (Å²) in [6.45, 7) is 6.29. The van der Waals surface area contributed by atoms with Gasteiger partial charge in [0.25, 0.3) is 0 Å². The van der Waals surface area contributed by atoms with Crippen molar-refractivity contribution < 1.29 is 65.7 Å². The van der Waals surface area contributed by atoms with Gasteiger partial charge in [-0.1, -0.05) is 50.7 Å². The normalized spacial score (nSPS) is 11.4. The molecule has 0 radical (unpaired) electrons. The van der Waals surface area contributed by atoms with Crippen LogP contribution in [-0.2, 0) is 29.0 Å². The Morgan fingerprint density at radius 2 is 1.97 bits per heavy atom. The summed E-state index contributed by atoms with van der Waals surface area (Å²) in [4.78, 5) is 28.5. The molecule has 0 saturated carbocycles. The molecule has 0 aliphatic heterocycles. The third kappa shape index (κ3) is 7.73. The summed E-state index contributed by atoms with van der Waals surface area (Å²) in [5.74, 6) is 0.472. The Bertz CT molecular complexity index is 1100. The fourth-order valence-electron chi connectivity index (χ4n) is 3.75. The molecule has 0 unspecified atom stereocenters. The first kappa shape index (κ1) is 28.7. The van der Waals surface area contributed by atoms with E-state index in [1.807, 2.05) is 45.0 Å². The number of carbonyl (C=O) groups is 2. The van der Waals surface area contributed by atoms with Gasteiger partial charge in [0.1, 0.15) is 12.4 Å². The van der Waals surface area contributed by atoms with Gasteiger partial charge in [0.05, 0.1) is 16.1 Å². The molecule has 0 saturated heterocycles. The molecule has 1 N–H and O–H groups in total. The van der Waals surface area contributed by atoms with Crippen LogP contribution in [0.1, 0.15) is 42.7 Å². The number of aryl methyl sites for hydroxylation is 3. The van der Waals surface area contributed by atoms with Crippen molar-refractivity contribution in [2.24, 2.45) is 0 Å². The van der Waals surface area contributed by atoms with Crippen LogP contribution >= 0.6 is 11.3 Å². The number of nitrogens with one attached hydrogen (secondary N) is 1.